The van der Waals surface area contributed by atoms with Crippen LogP contribution in [0.5, 0.6) is 5.75 Å². The Labute approximate surface area is 97.3 Å². The van der Waals surface area contributed by atoms with Crippen molar-refractivity contribution < 1.29 is 23.0 Å². The van der Waals surface area contributed by atoms with Crippen molar-refractivity contribution in [1.29, 1.82) is 0 Å². The second-order valence-electron chi connectivity index (χ2n) is 4.04. The molecule has 0 amide bonds. The maximum absolute atomic E-state index is 13.3. The molecule has 0 spiro atoms. The molecule has 1 atom stereocenters. The Morgan fingerprint density at radius 1 is 1.53 bits per heavy atom. The number of ether oxygens (including phenoxy) is 2. The first-order valence-corrected chi connectivity index (χ1v) is 5.27. The zero-order chi connectivity index (χ0) is 12.4. The third kappa shape index (κ3) is 2.54. The average molecular weight is 242 g/mol. The second kappa shape index (κ2) is 4.69. The van der Waals surface area contributed by atoms with E-state index in [1.807, 2.05) is 0 Å². The van der Waals surface area contributed by atoms with Gasteiger partial charge in [-0.25, -0.2) is 8.78 Å². The molecule has 0 unspecified atom stereocenters. The monoisotopic (exact) mass is 242 g/mol. The van der Waals surface area contributed by atoms with Crippen LogP contribution < -0.4 is 4.74 Å². The first kappa shape index (κ1) is 11.8. The highest BCUT2D eigenvalue weighted by Gasteiger charge is 2.25. The van der Waals surface area contributed by atoms with E-state index in [-0.39, 0.29) is 30.7 Å². The smallest absolute Gasteiger partial charge is 0.305 e. The Kier molecular flexibility index (Phi) is 3.26. The minimum Gasteiger partial charge on any atom is -0.490 e. The van der Waals surface area contributed by atoms with Gasteiger partial charge in [0.2, 0.25) is 0 Å². The van der Waals surface area contributed by atoms with Gasteiger partial charge < -0.3 is 9.47 Å². The zero-order valence-electron chi connectivity index (χ0n) is 9.33. The van der Waals surface area contributed by atoms with Crippen LogP contribution in [0.25, 0.3) is 0 Å². The highest BCUT2D eigenvalue weighted by Crippen LogP contribution is 2.32. The van der Waals surface area contributed by atoms with Gasteiger partial charge in [-0.2, -0.15) is 0 Å². The van der Waals surface area contributed by atoms with Crippen LogP contribution in [0.1, 0.15) is 12.0 Å². The fourth-order valence-corrected chi connectivity index (χ4v) is 1.95. The topological polar surface area (TPSA) is 35.5 Å². The molecular weight excluding hydrogens is 230 g/mol. The summed E-state index contributed by atoms with van der Waals surface area (Å²) in [5.41, 5.74) is 0.461. The summed E-state index contributed by atoms with van der Waals surface area (Å²) in [7, 11) is 1.30. The molecular formula is C12H12F2O3. The third-order valence-electron chi connectivity index (χ3n) is 2.74. The number of fused-ring (bicyclic) bond motifs is 1. The van der Waals surface area contributed by atoms with E-state index in [1.54, 1.807) is 0 Å². The van der Waals surface area contributed by atoms with Crippen LogP contribution in [0, 0.1) is 17.6 Å². The van der Waals surface area contributed by atoms with E-state index in [0.29, 0.717) is 12.0 Å². The van der Waals surface area contributed by atoms with Gasteiger partial charge in [-0.15, -0.1) is 0 Å². The van der Waals surface area contributed by atoms with Crippen molar-refractivity contribution in [2.24, 2.45) is 5.92 Å². The molecule has 1 aromatic rings. The first-order valence-electron chi connectivity index (χ1n) is 5.27. The van der Waals surface area contributed by atoms with Crippen LogP contribution in [0.2, 0.25) is 0 Å². The summed E-state index contributed by atoms with van der Waals surface area (Å²) in [6, 6.07) is 2.03. The number of hydrogen-bond donors (Lipinski definition) is 0. The van der Waals surface area contributed by atoms with Gasteiger partial charge in [0.15, 0.2) is 11.6 Å². The summed E-state index contributed by atoms with van der Waals surface area (Å²) in [6.07, 6.45) is 0.604. The van der Waals surface area contributed by atoms with Crippen LogP contribution in [-0.4, -0.2) is 19.7 Å². The molecule has 1 aliphatic heterocycles. The summed E-state index contributed by atoms with van der Waals surface area (Å²) in [4.78, 5) is 11.1. The molecule has 0 aliphatic carbocycles. The van der Waals surface area contributed by atoms with Crippen molar-refractivity contribution in [3.05, 3.63) is 29.3 Å². The van der Waals surface area contributed by atoms with Crippen molar-refractivity contribution in [3.8, 4) is 5.75 Å². The van der Waals surface area contributed by atoms with Gasteiger partial charge >= 0.3 is 5.97 Å². The lowest BCUT2D eigenvalue weighted by molar-refractivity contribution is -0.142. The van der Waals surface area contributed by atoms with Gasteiger partial charge in [-0.3, -0.25) is 4.79 Å². The minimum atomic E-state index is -0.698. The van der Waals surface area contributed by atoms with Crippen LogP contribution in [-0.2, 0) is 16.0 Å². The predicted octanol–water partition coefficient (Wildman–Crippen LogP) is 2.08. The number of benzene rings is 1. The normalized spacial score (nSPS) is 18.2. The van der Waals surface area contributed by atoms with Crippen molar-refractivity contribution in [2.45, 2.75) is 12.8 Å². The van der Waals surface area contributed by atoms with Crippen LogP contribution >= 0.6 is 0 Å². The fraction of sp³-hybridized carbons (Fsp3) is 0.417. The van der Waals surface area contributed by atoms with E-state index >= 15 is 0 Å². The fourth-order valence-electron chi connectivity index (χ4n) is 1.95. The Balaban J connectivity index is 2.15. The van der Waals surface area contributed by atoms with Crippen molar-refractivity contribution in [1.82, 2.24) is 0 Å². The Morgan fingerprint density at radius 3 is 3.00 bits per heavy atom. The lowest BCUT2D eigenvalue weighted by Crippen LogP contribution is -2.24. The molecule has 5 heteroatoms. The summed E-state index contributed by atoms with van der Waals surface area (Å²) < 4.78 is 36.1. The molecule has 2 rings (SSSR count). The zero-order valence-corrected chi connectivity index (χ0v) is 9.33. The number of methoxy groups -OCH3 is 1. The highest BCUT2D eigenvalue weighted by molar-refractivity contribution is 5.69. The molecule has 0 aromatic heterocycles. The van der Waals surface area contributed by atoms with E-state index in [2.05, 4.69) is 4.74 Å². The molecule has 0 radical (unpaired) electrons. The van der Waals surface area contributed by atoms with Crippen LogP contribution in [0.4, 0.5) is 8.78 Å². The molecule has 0 saturated carbocycles. The number of hydrogen-bond acceptors (Lipinski definition) is 3. The Morgan fingerprint density at radius 2 is 2.29 bits per heavy atom. The lowest BCUT2D eigenvalue weighted by Gasteiger charge is -2.24. The average Bonchev–Trinajstić information content (AvgIpc) is 2.28. The summed E-state index contributed by atoms with van der Waals surface area (Å²) in [5.74, 6) is -1.69. The van der Waals surface area contributed by atoms with Gasteiger partial charge in [-0.1, -0.05) is 0 Å². The molecule has 92 valence electrons. The van der Waals surface area contributed by atoms with Crippen molar-refractivity contribution in [3.63, 3.8) is 0 Å². The first-order chi connectivity index (χ1) is 8.10. The van der Waals surface area contributed by atoms with E-state index in [0.717, 1.165) is 6.07 Å². The molecule has 0 N–H and O–H groups in total. The molecule has 17 heavy (non-hydrogen) atoms. The standard InChI is InChI=1S/C12H12F2O3/c1-16-11(15)3-7-2-8-4-9(13)5-10(14)12(8)17-6-7/h4-5,7H,2-3,6H2,1H3/t7-/m0/s1. The number of rotatable bonds is 2. The predicted molar refractivity (Wildman–Crippen MR) is 55.7 cm³/mol. The summed E-state index contributed by atoms with van der Waals surface area (Å²) in [6.45, 7) is 0.241. The van der Waals surface area contributed by atoms with E-state index in [1.165, 1.54) is 13.2 Å². The van der Waals surface area contributed by atoms with E-state index < -0.39 is 11.6 Å². The maximum atomic E-state index is 13.3. The number of carbonyl (C=O) groups excluding carboxylic acids is 1. The Hall–Kier alpha value is -1.65. The summed E-state index contributed by atoms with van der Waals surface area (Å²) >= 11 is 0. The van der Waals surface area contributed by atoms with Gasteiger partial charge in [0.25, 0.3) is 0 Å². The molecule has 1 heterocycles. The van der Waals surface area contributed by atoms with Crippen LogP contribution in [0.15, 0.2) is 12.1 Å². The van der Waals surface area contributed by atoms with E-state index in [9.17, 15) is 13.6 Å². The van der Waals surface area contributed by atoms with Crippen LogP contribution in [0.3, 0.4) is 0 Å². The molecule has 1 aromatic carbocycles. The molecule has 0 fully saturated rings. The van der Waals surface area contributed by atoms with Crippen molar-refractivity contribution >= 4 is 5.97 Å². The molecule has 0 saturated heterocycles. The number of halogens is 2. The molecule has 3 nitrogen and oxygen atoms in total. The van der Waals surface area contributed by atoms with Gasteiger partial charge in [-0.05, 0) is 12.5 Å². The molecule has 1 aliphatic rings. The number of esters is 1. The van der Waals surface area contributed by atoms with Gasteiger partial charge in [0.05, 0.1) is 20.1 Å². The minimum absolute atomic E-state index is 0.0903. The quantitative estimate of drug-likeness (QED) is 0.745. The lowest BCUT2D eigenvalue weighted by atomic mass is 9.94. The van der Waals surface area contributed by atoms with Crippen molar-refractivity contribution in [2.75, 3.05) is 13.7 Å². The van der Waals surface area contributed by atoms with E-state index in [4.69, 9.17) is 4.74 Å². The molecule has 0 bridgehead atoms. The van der Waals surface area contributed by atoms with Gasteiger partial charge in [0.1, 0.15) is 5.82 Å². The maximum Gasteiger partial charge on any atom is 0.305 e. The number of carbonyl (C=O) groups is 1. The highest BCUT2D eigenvalue weighted by atomic mass is 19.1. The van der Waals surface area contributed by atoms with Gasteiger partial charge in [0, 0.05) is 17.5 Å². The Bertz CT molecular complexity index is 446. The second-order valence-corrected chi connectivity index (χ2v) is 4.04. The third-order valence-corrected chi connectivity index (χ3v) is 2.74. The largest absolute Gasteiger partial charge is 0.490 e. The SMILES string of the molecule is COC(=O)C[C@H]1COc2c(F)cc(F)cc2C1. The summed E-state index contributed by atoms with van der Waals surface area (Å²) in [5, 5.41) is 0.